The van der Waals surface area contributed by atoms with Crippen molar-refractivity contribution in [2.75, 3.05) is 7.11 Å². The van der Waals surface area contributed by atoms with E-state index in [2.05, 4.69) is 24.0 Å². The SMILES string of the molecule is CCc1cc(-c2[nH]c3ccc(C#N)cc3c2CCCC(=O)OC)ccc1Cl. The van der Waals surface area contributed by atoms with Crippen molar-refractivity contribution in [2.24, 2.45) is 0 Å². The van der Waals surface area contributed by atoms with Gasteiger partial charge in [-0.3, -0.25) is 4.79 Å². The summed E-state index contributed by atoms with van der Waals surface area (Å²) in [4.78, 5) is 15.0. The summed E-state index contributed by atoms with van der Waals surface area (Å²) >= 11 is 6.28. The largest absolute Gasteiger partial charge is 0.469 e. The maximum Gasteiger partial charge on any atom is 0.305 e. The number of aryl methyl sites for hydroxylation is 2. The zero-order valence-corrected chi connectivity index (χ0v) is 16.2. The Morgan fingerprint density at radius 3 is 2.78 bits per heavy atom. The van der Waals surface area contributed by atoms with E-state index in [0.29, 0.717) is 24.8 Å². The van der Waals surface area contributed by atoms with E-state index in [1.807, 2.05) is 24.3 Å². The highest BCUT2D eigenvalue weighted by Crippen LogP contribution is 2.34. The molecule has 27 heavy (non-hydrogen) atoms. The number of aromatic nitrogens is 1. The Bertz CT molecular complexity index is 1030. The van der Waals surface area contributed by atoms with Crippen LogP contribution in [0.3, 0.4) is 0 Å². The van der Waals surface area contributed by atoms with Crippen LogP contribution in [-0.4, -0.2) is 18.1 Å². The quantitative estimate of drug-likeness (QED) is 0.581. The van der Waals surface area contributed by atoms with E-state index in [4.69, 9.17) is 16.3 Å². The molecule has 1 N–H and O–H groups in total. The molecule has 4 nitrogen and oxygen atoms in total. The van der Waals surface area contributed by atoms with Gasteiger partial charge in [0.2, 0.25) is 0 Å². The third-order valence-electron chi connectivity index (χ3n) is 4.79. The number of carbonyl (C=O) groups is 1. The van der Waals surface area contributed by atoms with Gasteiger partial charge >= 0.3 is 5.97 Å². The van der Waals surface area contributed by atoms with Crippen molar-refractivity contribution in [3.05, 3.63) is 58.1 Å². The van der Waals surface area contributed by atoms with Gasteiger partial charge in [-0.15, -0.1) is 0 Å². The first kappa shape index (κ1) is 19.0. The number of halogens is 1. The molecule has 0 spiro atoms. The molecule has 138 valence electrons. The van der Waals surface area contributed by atoms with E-state index in [-0.39, 0.29) is 5.97 Å². The number of aromatic amines is 1. The first-order chi connectivity index (χ1) is 13.1. The monoisotopic (exact) mass is 380 g/mol. The molecule has 2 aromatic carbocycles. The summed E-state index contributed by atoms with van der Waals surface area (Å²) in [5, 5.41) is 11.0. The first-order valence-corrected chi connectivity index (χ1v) is 9.35. The molecule has 0 amide bonds. The van der Waals surface area contributed by atoms with Crippen LogP contribution >= 0.6 is 11.6 Å². The Hall–Kier alpha value is -2.77. The molecule has 0 fully saturated rings. The minimum Gasteiger partial charge on any atom is -0.469 e. The van der Waals surface area contributed by atoms with Crippen LogP contribution in [0, 0.1) is 11.3 Å². The van der Waals surface area contributed by atoms with Crippen molar-refractivity contribution in [1.82, 2.24) is 4.98 Å². The van der Waals surface area contributed by atoms with Crippen LogP contribution in [0.15, 0.2) is 36.4 Å². The molecule has 0 aliphatic heterocycles. The Kier molecular flexibility index (Phi) is 5.83. The van der Waals surface area contributed by atoms with Crippen molar-refractivity contribution >= 4 is 28.5 Å². The standard InChI is InChI=1S/C22H21ClN2O2/c1-3-15-12-16(8-9-19(15)23)22-17(5-4-6-21(26)27-2)18-11-14(13-24)7-10-20(18)25-22/h7-12,25H,3-6H2,1-2H3. The van der Waals surface area contributed by atoms with Crippen molar-refractivity contribution in [3.63, 3.8) is 0 Å². The third-order valence-corrected chi connectivity index (χ3v) is 5.15. The molecule has 0 saturated heterocycles. The molecule has 0 saturated carbocycles. The Balaban J connectivity index is 2.09. The summed E-state index contributed by atoms with van der Waals surface area (Å²) in [5.74, 6) is -0.214. The lowest BCUT2D eigenvalue weighted by molar-refractivity contribution is -0.140. The normalized spacial score (nSPS) is 10.7. The molecule has 0 aliphatic carbocycles. The minimum atomic E-state index is -0.214. The summed E-state index contributed by atoms with van der Waals surface area (Å²) in [6.45, 7) is 2.08. The van der Waals surface area contributed by atoms with Gasteiger partial charge in [-0.05, 0) is 66.3 Å². The number of nitrogens with one attached hydrogen (secondary N) is 1. The number of carbonyl (C=O) groups excluding carboxylic acids is 1. The highest BCUT2D eigenvalue weighted by molar-refractivity contribution is 6.31. The number of hydrogen-bond donors (Lipinski definition) is 1. The zero-order chi connectivity index (χ0) is 19.4. The fourth-order valence-electron chi connectivity index (χ4n) is 3.34. The highest BCUT2D eigenvalue weighted by atomic mass is 35.5. The average Bonchev–Trinajstić information content (AvgIpc) is 3.05. The van der Waals surface area contributed by atoms with Gasteiger partial charge in [-0.25, -0.2) is 0 Å². The van der Waals surface area contributed by atoms with Gasteiger partial charge in [0.25, 0.3) is 0 Å². The van der Waals surface area contributed by atoms with Gasteiger partial charge in [-0.1, -0.05) is 24.6 Å². The maximum atomic E-state index is 11.5. The summed E-state index contributed by atoms with van der Waals surface area (Å²) < 4.78 is 4.75. The Labute approximate surface area is 163 Å². The third kappa shape index (κ3) is 3.99. The van der Waals surface area contributed by atoms with E-state index in [1.54, 1.807) is 6.07 Å². The lowest BCUT2D eigenvalue weighted by atomic mass is 9.98. The topological polar surface area (TPSA) is 65.9 Å². The van der Waals surface area contributed by atoms with Crippen LogP contribution < -0.4 is 0 Å². The number of ether oxygens (including phenoxy) is 1. The van der Waals surface area contributed by atoms with Crippen LogP contribution in [0.2, 0.25) is 5.02 Å². The predicted molar refractivity (Wildman–Crippen MR) is 108 cm³/mol. The number of benzene rings is 2. The van der Waals surface area contributed by atoms with Gasteiger partial charge in [-0.2, -0.15) is 5.26 Å². The van der Waals surface area contributed by atoms with Crippen molar-refractivity contribution < 1.29 is 9.53 Å². The van der Waals surface area contributed by atoms with E-state index in [9.17, 15) is 10.1 Å². The van der Waals surface area contributed by atoms with Gasteiger partial charge in [0, 0.05) is 28.0 Å². The molecule has 0 bridgehead atoms. The van der Waals surface area contributed by atoms with Gasteiger partial charge in [0.15, 0.2) is 0 Å². The number of fused-ring (bicyclic) bond motifs is 1. The molecular formula is C22H21ClN2O2. The lowest BCUT2D eigenvalue weighted by Crippen LogP contribution is -2.01. The number of H-pyrrole nitrogens is 1. The van der Waals surface area contributed by atoms with Crippen LogP contribution in [-0.2, 0) is 22.4 Å². The molecule has 1 aromatic heterocycles. The summed E-state index contributed by atoms with van der Waals surface area (Å²) in [7, 11) is 1.40. The zero-order valence-electron chi connectivity index (χ0n) is 15.4. The van der Waals surface area contributed by atoms with Gasteiger partial charge < -0.3 is 9.72 Å². The molecule has 0 unspecified atom stereocenters. The smallest absolute Gasteiger partial charge is 0.305 e. The molecule has 5 heteroatoms. The molecular weight excluding hydrogens is 360 g/mol. The molecule has 0 radical (unpaired) electrons. The fourth-order valence-corrected chi connectivity index (χ4v) is 3.59. The first-order valence-electron chi connectivity index (χ1n) is 8.97. The van der Waals surface area contributed by atoms with Gasteiger partial charge in [0.05, 0.1) is 18.7 Å². The molecule has 3 aromatic rings. The summed E-state index contributed by atoms with van der Waals surface area (Å²) in [6.07, 6.45) is 2.60. The summed E-state index contributed by atoms with van der Waals surface area (Å²) in [5.41, 5.74) is 5.86. The van der Waals surface area contributed by atoms with Crippen molar-refractivity contribution in [2.45, 2.75) is 32.6 Å². The minimum absolute atomic E-state index is 0.214. The fraction of sp³-hybridized carbons (Fsp3) is 0.273. The highest BCUT2D eigenvalue weighted by Gasteiger charge is 2.15. The molecule has 1 heterocycles. The average molecular weight is 381 g/mol. The van der Waals surface area contributed by atoms with E-state index >= 15 is 0 Å². The molecule has 0 aliphatic rings. The van der Waals surface area contributed by atoms with Crippen LogP contribution in [0.4, 0.5) is 0 Å². The number of methoxy groups -OCH3 is 1. The molecule has 0 atom stereocenters. The number of rotatable bonds is 6. The second kappa shape index (κ2) is 8.28. The Morgan fingerprint density at radius 2 is 2.07 bits per heavy atom. The van der Waals surface area contributed by atoms with Crippen LogP contribution in [0.1, 0.15) is 36.5 Å². The molecule has 3 rings (SSSR count). The van der Waals surface area contributed by atoms with Gasteiger partial charge in [0.1, 0.15) is 0 Å². The maximum absolute atomic E-state index is 11.5. The van der Waals surface area contributed by atoms with Crippen molar-refractivity contribution in [1.29, 1.82) is 5.26 Å². The lowest BCUT2D eigenvalue weighted by Gasteiger charge is -2.08. The number of nitrogens with zero attached hydrogens (tertiary/aromatic N) is 1. The van der Waals surface area contributed by atoms with Crippen molar-refractivity contribution in [3.8, 4) is 17.3 Å². The van der Waals surface area contributed by atoms with Crippen LogP contribution in [0.5, 0.6) is 0 Å². The Morgan fingerprint density at radius 1 is 1.26 bits per heavy atom. The predicted octanol–water partition coefficient (Wildman–Crippen LogP) is 5.42. The number of esters is 1. The second-order valence-corrected chi connectivity index (χ2v) is 6.85. The number of nitriles is 1. The van der Waals surface area contributed by atoms with E-state index in [0.717, 1.165) is 44.7 Å². The van der Waals surface area contributed by atoms with E-state index in [1.165, 1.54) is 7.11 Å². The van der Waals surface area contributed by atoms with E-state index < -0.39 is 0 Å². The van der Waals surface area contributed by atoms with Crippen LogP contribution in [0.25, 0.3) is 22.2 Å². The second-order valence-electron chi connectivity index (χ2n) is 6.44. The summed E-state index contributed by atoms with van der Waals surface area (Å²) in [6, 6.07) is 13.9. The number of hydrogen-bond acceptors (Lipinski definition) is 3.